The minimum atomic E-state index is -0.471. The molecule has 0 saturated carbocycles. The molecule has 1 aliphatic rings. The summed E-state index contributed by atoms with van der Waals surface area (Å²) >= 11 is 0. The first-order chi connectivity index (χ1) is 12.4. The van der Waals surface area contributed by atoms with Crippen LogP contribution >= 0.6 is 0 Å². The normalized spacial score (nSPS) is 16.7. The Hall–Kier alpha value is -2.73. The molecular weight excluding hydrogens is 322 g/mol. The summed E-state index contributed by atoms with van der Waals surface area (Å²) in [6.07, 6.45) is 1.74. The Labute approximate surface area is 156 Å². The summed E-state index contributed by atoms with van der Waals surface area (Å²) in [6, 6.07) is 18.2. The SMILES string of the molecule is CC(C)(C)OC(=O)N1CCCC1c1ccc(C#Cc2ccccc2)cc1. The number of carbonyl (C=O) groups is 1. The number of amides is 1. The fraction of sp³-hybridized carbons (Fsp3) is 0.348. The molecule has 0 spiro atoms. The van der Waals surface area contributed by atoms with Gasteiger partial charge in [0.1, 0.15) is 5.60 Å². The minimum Gasteiger partial charge on any atom is -0.444 e. The van der Waals surface area contributed by atoms with Crippen LogP contribution < -0.4 is 0 Å². The third-order valence-electron chi connectivity index (χ3n) is 4.30. The molecular formula is C23H25NO2. The van der Waals surface area contributed by atoms with Crippen molar-refractivity contribution in [3.05, 3.63) is 71.3 Å². The summed E-state index contributed by atoms with van der Waals surface area (Å²) in [6.45, 7) is 6.44. The Kier molecular flexibility index (Phi) is 5.32. The summed E-state index contributed by atoms with van der Waals surface area (Å²) in [4.78, 5) is 14.3. The Morgan fingerprint density at radius 1 is 1.00 bits per heavy atom. The fourth-order valence-corrected chi connectivity index (χ4v) is 3.11. The van der Waals surface area contributed by atoms with Crippen LogP contribution in [0.4, 0.5) is 4.79 Å². The average Bonchev–Trinajstić information content (AvgIpc) is 3.10. The fourth-order valence-electron chi connectivity index (χ4n) is 3.11. The highest BCUT2D eigenvalue weighted by Crippen LogP contribution is 2.33. The molecule has 1 fully saturated rings. The van der Waals surface area contributed by atoms with E-state index >= 15 is 0 Å². The van der Waals surface area contributed by atoms with Gasteiger partial charge in [0.15, 0.2) is 0 Å². The number of carbonyl (C=O) groups excluding carboxylic acids is 1. The van der Waals surface area contributed by atoms with E-state index in [1.54, 1.807) is 0 Å². The van der Waals surface area contributed by atoms with Gasteiger partial charge in [-0.2, -0.15) is 0 Å². The van der Waals surface area contributed by atoms with Crippen molar-refractivity contribution in [3.63, 3.8) is 0 Å². The third-order valence-corrected chi connectivity index (χ3v) is 4.30. The van der Waals surface area contributed by atoms with Gasteiger partial charge in [0.05, 0.1) is 6.04 Å². The van der Waals surface area contributed by atoms with Crippen molar-refractivity contribution < 1.29 is 9.53 Å². The van der Waals surface area contributed by atoms with Crippen LogP contribution in [0.3, 0.4) is 0 Å². The molecule has 26 heavy (non-hydrogen) atoms. The van der Waals surface area contributed by atoms with Gasteiger partial charge in [-0.1, -0.05) is 42.2 Å². The number of nitrogens with zero attached hydrogens (tertiary/aromatic N) is 1. The van der Waals surface area contributed by atoms with E-state index < -0.39 is 5.60 Å². The lowest BCUT2D eigenvalue weighted by Gasteiger charge is -2.28. The molecule has 1 heterocycles. The predicted octanol–water partition coefficient (Wildman–Crippen LogP) is 5.16. The maximum absolute atomic E-state index is 12.5. The van der Waals surface area contributed by atoms with E-state index in [2.05, 4.69) is 24.0 Å². The van der Waals surface area contributed by atoms with E-state index in [1.807, 2.05) is 68.1 Å². The van der Waals surface area contributed by atoms with E-state index in [0.717, 1.165) is 36.1 Å². The Bertz CT molecular complexity index is 807. The van der Waals surface area contributed by atoms with Crippen molar-refractivity contribution in [1.29, 1.82) is 0 Å². The van der Waals surface area contributed by atoms with Gasteiger partial charge >= 0.3 is 6.09 Å². The summed E-state index contributed by atoms with van der Waals surface area (Å²) in [7, 11) is 0. The van der Waals surface area contributed by atoms with Crippen LogP contribution in [0.25, 0.3) is 0 Å². The Balaban J connectivity index is 1.71. The van der Waals surface area contributed by atoms with Crippen LogP contribution in [0, 0.1) is 11.8 Å². The molecule has 1 saturated heterocycles. The number of rotatable bonds is 1. The summed E-state index contributed by atoms with van der Waals surface area (Å²) in [5.41, 5.74) is 2.64. The molecule has 1 amide bonds. The second-order valence-electron chi connectivity index (χ2n) is 7.57. The van der Waals surface area contributed by atoms with Crippen molar-refractivity contribution in [3.8, 4) is 11.8 Å². The first-order valence-electron chi connectivity index (χ1n) is 9.09. The van der Waals surface area contributed by atoms with Gasteiger partial charge < -0.3 is 9.64 Å². The minimum absolute atomic E-state index is 0.0842. The molecule has 2 aromatic rings. The molecule has 0 N–H and O–H groups in total. The van der Waals surface area contributed by atoms with Gasteiger partial charge in [0.2, 0.25) is 0 Å². The molecule has 2 aromatic carbocycles. The molecule has 3 heteroatoms. The van der Waals surface area contributed by atoms with E-state index in [9.17, 15) is 4.79 Å². The zero-order chi connectivity index (χ0) is 18.6. The molecule has 1 atom stereocenters. The molecule has 134 valence electrons. The van der Waals surface area contributed by atoms with Gasteiger partial charge in [-0.3, -0.25) is 0 Å². The van der Waals surface area contributed by atoms with Crippen molar-refractivity contribution >= 4 is 6.09 Å². The van der Waals surface area contributed by atoms with Crippen LogP contribution in [-0.4, -0.2) is 23.1 Å². The van der Waals surface area contributed by atoms with Crippen LogP contribution in [-0.2, 0) is 4.74 Å². The monoisotopic (exact) mass is 347 g/mol. The molecule has 0 bridgehead atoms. The van der Waals surface area contributed by atoms with Gasteiger partial charge in [-0.25, -0.2) is 4.79 Å². The lowest BCUT2D eigenvalue weighted by atomic mass is 10.0. The number of ether oxygens (including phenoxy) is 1. The third kappa shape index (κ3) is 4.67. The van der Waals surface area contributed by atoms with E-state index in [1.165, 1.54) is 0 Å². The predicted molar refractivity (Wildman–Crippen MR) is 104 cm³/mol. The zero-order valence-electron chi connectivity index (χ0n) is 15.7. The zero-order valence-corrected chi connectivity index (χ0v) is 15.7. The van der Waals surface area contributed by atoms with Crippen LogP contribution in [0.2, 0.25) is 0 Å². The highest BCUT2D eigenvalue weighted by atomic mass is 16.6. The maximum atomic E-state index is 12.5. The highest BCUT2D eigenvalue weighted by molar-refractivity contribution is 5.69. The number of likely N-dealkylation sites (tertiary alicyclic amines) is 1. The molecule has 1 aliphatic heterocycles. The maximum Gasteiger partial charge on any atom is 0.410 e. The Morgan fingerprint density at radius 2 is 1.62 bits per heavy atom. The number of hydrogen-bond acceptors (Lipinski definition) is 2. The van der Waals surface area contributed by atoms with Crippen LogP contribution in [0.1, 0.15) is 56.3 Å². The summed E-state index contributed by atoms with van der Waals surface area (Å²) < 4.78 is 5.55. The van der Waals surface area contributed by atoms with Crippen molar-refractivity contribution in [2.24, 2.45) is 0 Å². The van der Waals surface area contributed by atoms with Crippen molar-refractivity contribution in [2.45, 2.75) is 45.3 Å². The molecule has 0 aromatic heterocycles. The molecule has 0 radical (unpaired) electrons. The largest absolute Gasteiger partial charge is 0.444 e. The second kappa shape index (κ2) is 7.66. The van der Waals surface area contributed by atoms with E-state index in [4.69, 9.17) is 4.74 Å². The van der Waals surface area contributed by atoms with Crippen LogP contribution in [0.15, 0.2) is 54.6 Å². The average molecular weight is 347 g/mol. The van der Waals surface area contributed by atoms with Crippen molar-refractivity contribution in [2.75, 3.05) is 6.54 Å². The van der Waals surface area contributed by atoms with Gasteiger partial charge in [0.25, 0.3) is 0 Å². The second-order valence-corrected chi connectivity index (χ2v) is 7.57. The first kappa shape index (κ1) is 18.1. The van der Waals surface area contributed by atoms with E-state index in [0.29, 0.717) is 0 Å². The van der Waals surface area contributed by atoms with Crippen molar-refractivity contribution in [1.82, 2.24) is 4.90 Å². The first-order valence-corrected chi connectivity index (χ1v) is 9.09. The van der Waals surface area contributed by atoms with Gasteiger partial charge in [0, 0.05) is 17.7 Å². The standard InChI is InChI=1S/C23H25NO2/c1-23(2,3)26-22(25)24-17-7-10-21(24)20-15-13-19(14-16-20)12-11-18-8-5-4-6-9-18/h4-6,8-9,13-16,21H,7,10,17H2,1-3H3. The molecule has 0 aliphatic carbocycles. The summed E-state index contributed by atoms with van der Waals surface area (Å²) in [5, 5.41) is 0. The lowest BCUT2D eigenvalue weighted by molar-refractivity contribution is 0.0224. The molecule has 1 unspecified atom stereocenters. The topological polar surface area (TPSA) is 29.5 Å². The smallest absolute Gasteiger partial charge is 0.410 e. The van der Waals surface area contributed by atoms with E-state index in [-0.39, 0.29) is 12.1 Å². The quantitative estimate of drug-likeness (QED) is 0.667. The van der Waals surface area contributed by atoms with Gasteiger partial charge in [-0.05, 0) is 63.4 Å². The number of hydrogen-bond donors (Lipinski definition) is 0. The highest BCUT2D eigenvalue weighted by Gasteiger charge is 2.32. The van der Waals surface area contributed by atoms with Crippen LogP contribution in [0.5, 0.6) is 0 Å². The molecule has 3 nitrogen and oxygen atoms in total. The summed E-state index contributed by atoms with van der Waals surface area (Å²) in [5.74, 6) is 6.36. The number of benzene rings is 2. The van der Waals surface area contributed by atoms with Gasteiger partial charge in [-0.15, -0.1) is 0 Å². The Morgan fingerprint density at radius 3 is 2.23 bits per heavy atom. The lowest BCUT2D eigenvalue weighted by Crippen LogP contribution is -2.36. The molecule has 3 rings (SSSR count).